The highest BCUT2D eigenvalue weighted by atomic mass is 13.9. The second-order valence-corrected chi connectivity index (χ2v) is 1.60. The summed E-state index contributed by atoms with van der Waals surface area (Å²) < 4.78 is 74.0. The Labute approximate surface area is 70.6 Å². The van der Waals surface area contributed by atoms with Crippen molar-refractivity contribution in [2.24, 2.45) is 0 Å². The van der Waals surface area contributed by atoms with E-state index in [1.165, 1.54) is 0 Å². The fourth-order valence-corrected chi connectivity index (χ4v) is 0.521. The molecule has 48 valence electrons. The zero-order valence-corrected chi connectivity index (χ0v) is 4.71. The quantitative estimate of drug-likeness (QED) is 0.506. The van der Waals surface area contributed by atoms with Gasteiger partial charge in [-0.25, -0.2) is 0 Å². The predicted molar refractivity (Wildman–Crippen MR) is 40.7 cm³/mol. The SMILES string of the molecule is [2H]Cc1c([2H])c(C([2H])([2H])[2H])c([2H])c(C([2H])([2H])[2H])c1[2H]. The third-order valence-corrected chi connectivity index (χ3v) is 0.802. The average molecular weight is 130 g/mol. The highest BCUT2D eigenvalue weighted by molar-refractivity contribution is 5.27. The van der Waals surface area contributed by atoms with Gasteiger partial charge in [-0.1, -0.05) is 34.8 Å². The molecule has 1 aromatic rings. The summed E-state index contributed by atoms with van der Waals surface area (Å²) in [7, 11) is 0. The molecule has 0 heterocycles. The fraction of sp³-hybridized carbons (Fsp3) is 0.333. The number of hydrogen-bond acceptors (Lipinski definition) is 0. The Morgan fingerprint density at radius 2 is 1.67 bits per heavy atom. The van der Waals surface area contributed by atoms with Gasteiger partial charge in [0.15, 0.2) is 0 Å². The van der Waals surface area contributed by atoms with Crippen LogP contribution in [0.25, 0.3) is 0 Å². The first-order valence-corrected chi connectivity index (χ1v) is 2.35. The summed E-state index contributed by atoms with van der Waals surface area (Å²) in [6, 6.07) is -2.05. The molecule has 0 aliphatic heterocycles. The molecule has 1 rings (SSSR count). The van der Waals surface area contributed by atoms with E-state index in [1.54, 1.807) is 0 Å². The molecule has 0 saturated carbocycles. The lowest BCUT2D eigenvalue weighted by atomic mass is 10.1. The van der Waals surface area contributed by atoms with Crippen molar-refractivity contribution in [1.29, 1.82) is 0 Å². The molecule has 0 aromatic heterocycles. The first kappa shape index (κ1) is 1.29. The molecule has 0 fully saturated rings. The minimum Gasteiger partial charge on any atom is -0.0564 e. The minimum absolute atomic E-state index is 0.284. The van der Waals surface area contributed by atoms with Gasteiger partial charge in [0.1, 0.15) is 0 Å². The van der Waals surface area contributed by atoms with Crippen LogP contribution in [0.4, 0.5) is 0 Å². The van der Waals surface area contributed by atoms with Crippen molar-refractivity contribution in [3.8, 4) is 0 Å². The van der Waals surface area contributed by atoms with Crippen molar-refractivity contribution in [2.75, 3.05) is 0 Å². The van der Waals surface area contributed by atoms with Crippen LogP contribution in [-0.2, 0) is 0 Å². The molecular weight excluding hydrogens is 108 g/mol. The largest absolute Gasteiger partial charge is 0.0628 e. The fourth-order valence-electron chi connectivity index (χ4n) is 0.521. The lowest BCUT2D eigenvalue weighted by Crippen LogP contribution is -1.78. The van der Waals surface area contributed by atoms with E-state index < -0.39 is 49.9 Å². The molecular formula is C9H12. The van der Waals surface area contributed by atoms with Crippen LogP contribution >= 0.6 is 0 Å². The summed E-state index contributed by atoms with van der Waals surface area (Å²) >= 11 is 0. The monoisotopic (exact) mass is 130 g/mol. The Morgan fingerprint density at radius 3 is 2.11 bits per heavy atom. The van der Waals surface area contributed by atoms with Crippen LogP contribution in [0.3, 0.4) is 0 Å². The summed E-state index contributed by atoms with van der Waals surface area (Å²) in [6.07, 6.45) is 0. The van der Waals surface area contributed by atoms with Gasteiger partial charge in [0.2, 0.25) is 0 Å². The van der Waals surface area contributed by atoms with Crippen LogP contribution in [0.2, 0.25) is 0 Å². The molecule has 0 amide bonds. The van der Waals surface area contributed by atoms with Crippen LogP contribution in [0, 0.1) is 20.6 Å². The molecule has 0 aliphatic carbocycles. The van der Waals surface area contributed by atoms with Gasteiger partial charge in [-0.2, -0.15) is 0 Å². The molecule has 0 spiro atoms. The van der Waals surface area contributed by atoms with Gasteiger partial charge < -0.3 is 0 Å². The van der Waals surface area contributed by atoms with Gasteiger partial charge in [-0.3, -0.25) is 0 Å². The predicted octanol–water partition coefficient (Wildman–Crippen LogP) is 2.61. The molecule has 0 N–H and O–H groups in total. The number of hydrogen-bond donors (Lipinski definition) is 0. The maximum Gasteiger partial charge on any atom is 0.0628 e. The summed E-state index contributed by atoms with van der Waals surface area (Å²) in [4.78, 5) is 0. The maximum atomic E-state index is 7.69. The van der Waals surface area contributed by atoms with E-state index in [0.717, 1.165) is 0 Å². The second-order valence-electron chi connectivity index (χ2n) is 1.60. The van der Waals surface area contributed by atoms with Crippen molar-refractivity contribution in [3.63, 3.8) is 0 Å². The van der Waals surface area contributed by atoms with E-state index >= 15 is 0 Å². The van der Waals surface area contributed by atoms with Crippen molar-refractivity contribution in [2.45, 2.75) is 20.6 Å². The second kappa shape index (κ2) is 2.22. The number of rotatable bonds is 0. The Balaban J connectivity index is 3.88. The lowest BCUT2D eigenvalue weighted by molar-refractivity contribution is 1.32. The van der Waals surface area contributed by atoms with E-state index in [-0.39, 0.29) is 5.56 Å². The molecule has 0 nitrogen and oxygen atoms in total. The van der Waals surface area contributed by atoms with Gasteiger partial charge in [0, 0.05) is 9.60 Å². The molecule has 0 heteroatoms. The molecule has 9 heavy (non-hydrogen) atoms. The standard InChI is InChI=1S/C9H12/c1-7-4-8(2)6-9(3)5-7/h4-6H,1-3H3/i1D,2D3,3D3,4D,5D,6D. The van der Waals surface area contributed by atoms with Crippen LogP contribution in [0.1, 0.15) is 30.4 Å². The normalized spacial score (nSPS) is 28.4. The zero-order chi connectivity index (χ0) is 15.2. The Kier molecular flexibility index (Phi) is 0.318. The van der Waals surface area contributed by atoms with Gasteiger partial charge in [0.05, 0.1) is 4.11 Å². The van der Waals surface area contributed by atoms with Crippen LogP contribution in [0.15, 0.2) is 18.1 Å². The van der Waals surface area contributed by atoms with Crippen molar-refractivity contribution < 1.29 is 13.7 Å². The summed E-state index contributed by atoms with van der Waals surface area (Å²) in [5.74, 6) is 0. The van der Waals surface area contributed by atoms with Gasteiger partial charge in [0.25, 0.3) is 0 Å². The molecule has 1 aromatic carbocycles. The molecule has 0 unspecified atom stereocenters. The summed E-state index contributed by atoms with van der Waals surface area (Å²) in [5, 5.41) is 0. The summed E-state index contributed by atoms with van der Waals surface area (Å²) in [6.45, 7) is -6.23. The van der Waals surface area contributed by atoms with Gasteiger partial charge >= 0.3 is 0 Å². The van der Waals surface area contributed by atoms with Gasteiger partial charge in [-0.15, -0.1) is 0 Å². The highest BCUT2D eigenvalue weighted by Crippen LogP contribution is 2.06. The average Bonchev–Trinajstić information content (AvgIpc) is 2.12. The molecule has 0 aliphatic rings. The van der Waals surface area contributed by atoms with E-state index in [2.05, 4.69) is 0 Å². The van der Waals surface area contributed by atoms with Crippen molar-refractivity contribution in [3.05, 3.63) is 34.8 Å². The van der Waals surface area contributed by atoms with Gasteiger partial charge in [-0.05, 0) is 20.6 Å². The summed E-state index contributed by atoms with van der Waals surface area (Å²) in [5.41, 5.74) is -1.71. The molecule has 0 saturated heterocycles. The van der Waals surface area contributed by atoms with E-state index in [0.29, 0.717) is 0 Å². The smallest absolute Gasteiger partial charge is 0.0564 e. The highest BCUT2D eigenvalue weighted by Gasteiger charge is 1.87. The van der Waals surface area contributed by atoms with Crippen LogP contribution < -0.4 is 0 Å². The number of benzene rings is 1. The van der Waals surface area contributed by atoms with Crippen molar-refractivity contribution in [1.82, 2.24) is 0 Å². The Morgan fingerprint density at radius 1 is 1.11 bits per heavy atom. The first-order chi connectivity index (χ1) is 8.42. The topological polar surface area (TPSA) is 0 Å². The van der Waals surface area contributed by atoms with Crippen molar-refractivity contribution >= 4 is 0 Å². The van der Waals surface area contributed by atoms with Crippen LogP contribution in [-0.4, -0.2) is 0 Å². The molecule has 0 atom stereocenters. The maximum absolute atomic E-state index is 7.69. The van der Waals surface area contributed by atoms with E-state index in [1.807, 2.05) is 0 Å². The third-order valence-electron chi connectivity index (χ3n) is 0.802. The zero-order valence-electron chi connectivity index (χ0n) is 14.7. The Hall–Kier alpha value is -0.780. The van der Waals surface area contributed by atoms with Crippen LogP contribution in [0.5, 0.6) is 0 Å². The lowest BCUT2D eigenvalue weighted by Gasteiger charge is -1.96. The first-order valence-electron chi connectivity index (χ1n) is 7.56. The van der Waals surface area contributed by atoms with E-state index in [4.69, 9.17) is 13.7 Å². The third kappa shape index (κ3) is 1.56. The Bertz CT molecular complexity index is 454. The minimum atomic E-state index is -2.83. The molecule has 0 bridgehead atoms. The van der Waals surface area contributed by atoms with E-state index in [9.17, 15) is 0 Å². The molecule has 0 radical (unpaired) electrons.